The number of anilines is 1. The first-order chi connectivity index (χ1) is 9.19. The van der Waals surface area contributed by atoms with E-state index in [1.807, 2.05) is 6.92 Å². The second kappa shape index (κ2) is 6.89. The van der Waals surface area contributed by atoms with Crippen molar-refractivity contribution in [2.24, 2.45) is 11.8 Å². The van der Waals surface area contributed by atoms with Crippen LogP contribution < -0.4 is 10.6 Å². The summed E-state index contributed by atoms with van der Waals surface area (Å²) in [5.41, 5.74) is 0. The maximum atomic E-state index is 5.62. The van der Waals surface area contributed by atoms with E-state index in [0.717, 1.165) is 24.9 Å². The molecule has 2 N–H and O–H groups in total. The average molecular weight is 266 g/mol. The number of nitrogens with one attached hydrogen (secondary N) is 2. The van der Waals surface area contributed by atoms with Gasteiger partial charge < -0.3 is 15.1 Å². The van der Waals surface area contributed by atoms with Crippen molar-refractivity contribution < 1.29 is 4.42 Å². The van der Waals surface area contributed by atoms with Crippen molar-refractivity contribution >= 4 is 6.01 Å². The molecule has 2 rings (SSSR count). The van der Waals surface area contributed by atoms with Crippen molar-refractivity contribution in [1.82, 2.24) is 15.5 Å². The van der Waals surface area contributed by atoms with Gasteiger partial charge in [0, 0.05) is 6.54 Å². The summed E-state index contributed by atoms with van der Waals surface area (Å²) in [4.78, 5) is 0. The lowest BCUT2D eigenvalue weighted by Crippen LogP contribution is -2.21. The van der Waals surface area contributed by atoms with E-state index in [1.165, 1.54) is 25.7 Å². The monoisotopic (exact) mass is 266 g/mol. The van der Waals surface area contributed by atoms with Crippen LogP contribution in [0.15, 0.2) is 4.42 Å². The van der Waals surface area contributed by atoms with Gasteiger partial charge in [-0.1, -0.05) is 31.8 Å². The van der Waals surface area contributed by atoms with Crippen molar-refractivity contribution in [3.05, 3.63) is 5.89 Å². The molecule has 0 aromatic carbocycles. The molecule has 0 spiro atoms. The molecule has 0 saturated heterocycles. The van der Waals surface area contributed by atoms with Gasteiger partial charge in [-0.05, 0) is 38.1 Å². The molecule has 0 aliphatic heterocycles. The number of aromatic nitrogens is 2. The summed E-state index contributed by atoms with van der Waals surface area (Å²) in [7, 11) is 0. The number of rotatable bonds is 6. The van der Waals surface area contributed by atoms with Gasteiger partial charge in [-0.2, -0.15) is 0 Å². The Balaban J connectivity index is 1.79. The highest BCUT2D eigenvalue weighted by atomic mass is 16.4. The maximum absolute atomic E-state index is 5.62. The van der Waals surface area contributed by atoms with Gasteiger partial charge >= 0.3 is 6.01 Å². The lowest BCUT2D eigenvalue weighted by molar-refractivity contribution is 0.292. The molecule has 0 radical (unpaired) electrons. The van der Waals surface area contributed by atoms with Crippen molar-refractivity contribution in [1.29, 1.82) is 0 Å². The van der Waals surface area contributed by atoms with Gasteiger partial charge in [-0.3, -0.25) is 0 Å². The van der Waals surface area contributed by atoms with Crippen LogP contribution in [-0.4, -0.2) is 23.3 Å². The second-order valence-electron chi connectivity index (χ2n) is 5.74. The summed E-state index contributed by atoms with van der Waals surface area (Å²) < 4.78 is 5.62. The molecule has 5 nitrogen and oxygen atoms in total. The summed E-state index contributed by atoms with van der Waals surface area (Å²) in [6.07, 6.45) is 5.34. The molecule has 19 heavy (non-hydrogen) atoms. The molecule has 1 aromatic heterocycles. The maximum Gasteiger partial charge on any atom is 0.315 e. The Hall–Kier alpha value is -1.10. The van der Waals surface area contributed by atoms with E-state index in [4.69, 9.17) is 4.42 Å². The summed E-state index contributed by atoms with van der Waals surface area (Å²) >= 11 is 0. The number of hydrogen-bond acceptors (Lipinski definition) is 5. The molecular weight excluding hydrogens is 240 g/mol. The van der Waals surface area contributed by atoms with Crippen molar-refractivity contribution in [3.8, 4) is 0 Å². The highest BCUT2D eigenvalue weighted by molar-refractivity contribution is 5.17. The second-order valence-corrected chi connectivity index (χ2v) is 5.74. The largest absolute Gasteiger partial charge is 0.406 e. The van der Waals surface area contributed by atoms with Crippen LogP contribution in [0.25, 0.3) is 0 Å². The molecule has 1 heterocycles. The smallest absolute Gasteiger partial charge is 0.315 e. The summed E-state index contributed by atoms with van der Waals surface area (Å²) in [5, 5.41) is 14.7. The van der Waals surface area contributed by atoms with E-state index >= 15 is 0 Å². The molecule has 108 valence electrons. The molecule has 5 heteroatoms. The fourth-order valence-electron chi connectivity index (χ4n) is 2.85. The van der Waals surface area contributed by atoms with Crippen LogP contribution >= 0.6 is 0 Å². The minimum absolute atomic E-state index is 0.114. The fourth-order valence-corrected chi connectivity index (χ4v) is 2.85. The van der Waals surface area contributed by atoms with Gasteiger partial charge in [-0.25, -0.2) is 0 Å². The summed E-state index contributed by atoms with van der Waals surface area (Å²) in [5.74, 6) is 2.25. The van der Waals surface area contributed by atoms with Crippen LogP contribution in [-0.2, 0) is 0 Å². The molecular formula is C14H26N4O. The quantitative estimate of drug-likeness (QED) is 0.828. The Kier molecular flexibility index (Phi) is 5.19. The molecule has 1 aromatic rings. The summed E-state index contributed by atoms with van der Waals surface area (Å²) in [6, 6.07) is 0.667. The van der Waals surface area contributed by atoms with E-state index < -0.39 is 0 Å². The summed E-state index contributed by atoms with van der Waals surface area (Å²) in [6.45, 7) is 8.28. The highest BCUT2D eigenvalue weighted by Gasteiger charge is 2.19. The molecule has 0 amide bonds. The van der Waals surface area contributed by atoms with Gasteiger partial charge in [0.15, 0.2) is 0 Å². The van der Waals surface area contributed by atoms with Crippen LogP contribution in [0.2, 0.25) is 0 Å². The lowest BCUT2D eigenvalue weighted by atomic mass is 9.82. The van der Waals surface area contributed by atoms with E-state index in [-0.39, 0.29) is 6.04 Å². The average Bonchev–Trinajstić information content (AvgIpc) is 2.86. The lowest BCUT2D eigenvalue weighted by Gasteiger charge is -2.26. The van der Waals surface area contributed by atoms with Crippen molar-refractivity contribution in [3.63, 3.8) is 0 Å². The van der Waals surface area contributed by atoms with Crippen LogP contribution in [0.4, 0.5) is 6.01 Å². The predicted octanol–water partition coefficient (Wildman–Crippen LogP) is 2.98. The van der Waals surface area contributed by atoms with Crippen LogP contribution in [0.1, 0.15) is 58.4 Å². The first-order valence-electron chi connectivity index (χ1n) is 7.49. The molecule has 1 saturated carbocycles. The molecule has 3 atom stereocenters. The highest BCUT2D eigenvalue weighted by Crippen LogP contribution is 2.28. The zero-order valence-corrected chi connectivity index (χ0v) is 12.3. The number of nitrogens with zero attached hydrogens (tertiary/aromatic N) is 2. The van der Waals surface area contributed by atoms with Gasteiger partial charge in [0.05, 0.1) is 6.04 Å². The minimum Gasteiger partial charge on any atom is -0.406 e. The predicted molar refractivity (Wildman–Crippen MR) is 76.0 cm³/mol. The first kappa shape index (κ1) is 14.3. The molecule has 1 aliphatic rings. The minimum atomic E-state index is 0.114. The zero-order valence-electron chi connectivity index (χ0n) is 12.3. The Morgan fingerprint density at radius 1 is 1.37 bits per heavy atom. The standard InChI is InChI=1S/C14H26N4O/c1-4-15-11(3)13-17-18-14(19-13)16-9-12-7-5-6-10(2)8-12/h10-12,15H,4-9H2,1-3H3,(H,16,18). The van der Waals surface area contributed by atoms with E-state index in [2.05, 4.69) is 34.7 Å². The Morgan fingerprint density at radius 2 is 2.21 bits per heavy atom. The third kappa shape index (κ3) is 4.20. The SMILES string of the molecule is CCNC(C)c1nnc(NCC2CCCC(C)C2)o1. The molecule has 1 fully saturated rings. The van der Waals surface area contributed by atoms with E-state index in [1.54, 1.807) is 0 Å². The van der Waals surface area contributed by atoms with Crippen LogP contribution in [0, 0.1) is 11.8 Å². The van der Waals surface area contributed by atoms with E-state index in [0.29, 0.717) is 11.9 Å². The fraction of sp³-hybridized carbons (Fsp3) is 0.857. The molecule has 0 bridgehead atoms. The van der Waals surface area contributed by atoms with Crippen LogP contribution in [0.3, 0.4) is 0 Å². The normalized spacial score (nSPS) is 25.2. The Bertz CT molecular complexity index is 379. The Labute approximate surface area is 115 Å². The topological polar surface area (TPSA) is 63.0 Å². The van der Waals surface area contributed by atoms with Crippen LogP contribution in [0.5, 0.6) is 0 Å². The third-order valence-corrected chi connectivity index (χ3v) is 3.91. The van der Waals surface area contributed by atoms with Crippen molar-refractivity contribution in [2.45, 2.75) is 52.5 Å². The first-order valence-corrected chi connectivity index (χ1v) is 7.49. The zero-order chi connectivity index (χ0) is 13.7. The Morgan fingerprint density at radius 3 is 2.95 bits per heavy atom. The van der Waals surface area contributed by atoms with Gasteiger partial charge in [-0.15, -0.1) is 5.10 Å². The van der Waals surface area contributed by atoms with Gasteiger partial charge in [0.25, 0.3) is 0 Å². The molecule has 1 aliphatic carbocycles. The molecule has 3 unspecified atom stereocenters. The third-order valence-electron chi connectivity index (χ3n) is 3.91. The number of hydrogen-bond donors (Lipinski definition) is 2. The van der Waals surface area contributed by atoms with Gasteiger partial charge in [0.2, 0.25) is 5.89 Å². The van der Waals surface area contributed by atoms with Gasteiger partial charge in [0.1, 0.15) is 0 Å². The van der Waals surface area contributed by atoms with Crippen molar-refractivity contribution in [2.75, 3.05) is 18.4 Å². The van der Waals surface area contributed by atoms with E-state index in [9.17, 15) is 0 Å².